The number of rotatable bonds is 0. The van der Waals surface area contributed by atoms with Crippen molar-refractivity contribution in [2.75, 3.05) is 0 Å². The third-order valence-corrected chi connectivity index (χ3v) is 2.51. The molecular formula is C10H20. The normalized spacial score (nSPS) is 25.8. The first-order chi connectivity index (χ1) is 4.79. The highest BCUT2D eigenvalue weighted by Gasteiger charge is 2.12. The van der Waals surface area contributed by atoms with Crippen LogP contribution in [0.25, 0.3) is 0 Å². The van der Waals surface area contributed by atoms with Crippen molar-refractivity contribution < 1.29 is 0 Å². The summed E-state index contributed by atoms with van der Waals surface area (Å²) >= 11 is 0. The fourth-order valence-electron chi connectivity index (χ4n) is 1.30. The Bertz CT molecular complexity index is 76.0. The zero-order valence-corrected chi connectivity index (χ0v) is 7.40. The van der Waals surface area contributed by atoms with Gasteiger partial charge in [0.1, 0.15) is 0 Å². The van der Waals surface area contributed by atoms with Crippen molar-refractivity contribution in [2.45, 2.75) is 52.4 Å². The van der Waals surface area contributed by atoms with Crippen LogP contribution in [-0.4, -0.2) is 0 Å². The molecule has 0 radical (unpaired) electrons. The Morgan fingerprint density at radius 2 is 1.10 bits per heavy atom. The molecule has 0 unspecified atom stereocenters. The standard InChI is InChI=1S/C6H12.C4H8/c1-6-4-2-3-5-6;1-4-2-3-4/h6H,2-5H2,1H3;4H,2-3H2,1H3. The summed E-state index contributed by atoms with van der Waals surface area (Å²) in [4.78, 5) is 0. The van der Waals surface area contributed by atoms with Crippen molar-refractivity contribution in [1.82, 2.24) is 0 Å². The third-order valence-electron chi connectivity index (χ3n) is 2.51. The quantitative estimate of drug-likeness (QED) is 0.482. The van der Waals surface area contributed by atoms with E-state index in [0.29, 0.717) is 0 Å². The first-order valence-electron chi connectivity index (χ1n) is 4.79. The van der Waals surface area contributed by atoms with Gasteiger partial charge < -0.3 is 0 Å². The molecule has 0 aromatic heterocycles. The zero-order chi connectivity index (χ0) is 7.40. The molecule has 0 atom stereocenters. The average molecular weight is 140 g/mol. The maximum atomic E-state index is 2.34. The minimum absolute atomic E-state index is 1.05. The molecule has 2 aliphatic carbocycles. The Labute approximate surface area is 65.0 Å². The van der Waals surface area contributed by atoms with Gasteiger partial charge >= 0.3 is 0 Å². The molecule has 0 aromatic carbocycles. The van der Waals surface area contributed by atoms with E-state index in [1.165, 1.54) is 38.5 Å². The molecule has 0 bridgehead atoms. The predicted octanol–water partition coefficient (Wildman–Crippen LogP) is 3.61. The lowest BCUT2D eigenvalue weighted by atomic mass is 10.2. The molecule has 0 aromatic rings. The van der Waals surface area contributed by atoms with Crippen LogP contribution in [0.2, 0.25) is 0 Å². The van der Waals surface area contributed by atoms with E-state index < -0.39 is 0 Å². The van der Waals surface area contributed by atoms with E-state index >= 15 is 0 Å². The van der Waals surface area contributed by atoms with E-state index in [2.05, 4.69) is 13.8 Å². The first kappa shape index (κ1) is 8.10. The average Bonchev–Trinajstić information content (AvgIpc) is 2.50. The topological polar surface area (TPSA) is 0 Å². The molecule has 2 saturated carbocycles. The first-order valence-corrected chi connectivity index (χ1v) is 4.79. The van der Waals surface area contributed by atoms with Crippen molar-refractivity contribution in [1.29, 1.82) is 0 Å². The summed E-state index contributed by atoms with van der Waals surface area (Å²) in [6.45, 7) is 4.62. The van der Waals surface area contributed by atoms with E-state index in [1.807, 2.05) is 0 Å². The van der Waals surface area contributed by atoms with Gasteiger partial charge in [0.05, 0.1) is 0 Å². The molecule has 0 aliphatic heterocycles. The lowest BCUT2D eigenvalue weighted by molar-refractivity contribution is 0.612. The van der Waals surface area contributed by atoms with Gasteiger partial charge in [-0.3, -0.25) is 0 Å². The van der Waals surface area contributed by atoms with Crippen LogP contribution in [0.5, 0.6) is 0 Å². The van der Waals surface area contributed by atoms with Crippen LogP contribution in [0.15, 0.2) is 0 Å². The van der Waals surface area contributed by atoms with Crippen LogP contribution in [0.1, 0.15) is 52.4 Å². The molecule has 0 nitrogen and oxygen atoms in total. The van der Waals surface area contributed by atoms with E-state index in [-0.39, 0.29) is 0 Å². The molecular weight excluding hydrogens is 120 g/mol. The Hall–Kier alpha value is 0. The molecule has 0 heteroatoms. The second kappa shape index (κ2) is 4.00. The fourth-order valence-corrected chi connectivity index (χ4v) is 1.30. The number of hydrogen-bond donors (Lipinski definition) is 0. The van der Waals surface area contributed by atoms with Crippen LogP contribution >= 0.6 is 0 Å². The van der Waals surface area contributed by atoms with Gasteiger partial charge in [-0.25, -0.2) is 0 Å². The van der Waals surface area contributed by atoms with Gasteiger partial charge in [0, 0.05) is 0 Å². The van der Waals surface area contributed by atoms with Crippen molar-refractivity contribution >= 4 is 0 Å². The van der Waals surface area contributed by atoms with Gasteiger partial charge in [0.2, 0.25) is 0 Å². The smallest absolute Gasteiger partial charge is 0.0443 e. The molecule has 0 saturated heterocycles. The van der Waals surface area contributed by atoms with Crippen molar-refractivity contribution in [2.24, 2.45) is 11.8 Å². The van der Waals surface area contributed by atoms with E-state index in [9.17, 15) is 0 Å². The lowest BCUT2D eigenvalue weighted by Crippen LogP contribution is -1.78. The van der Waals surface area contributed by atoms with Gasteiger partial charge in [-0.1, -0.05) is 52.4 Å². The third kappa shape index (κ3) is 3.92. The molecule has 0 amide bonds. The summed E-state index contributed by atoms with van der Waals surface area (Å²) in [5.74, 6) is 2.13. The molecule has 0 spiro atoms. The van der Waals surface area contributed by atoms with Crippen molar-refractivity contribution in [3.63, 3.8) is 0 Å². The molecule has 0 heterocycles. The highest BCUT2D eigenvalue weighted by molar-refractivity contribution is 4.65. The highest BCUT2D eigenvalue weighted by atomic mass is 14.2. The molecule has 60 valence electrons. The fraction of sp³-hybridized carbons (Fsp3) is 1.00. The monoisotopic (exact) mass is 140 g/mol. The molecule has 2 aliphatic rings. The van der Waals surface area contributed by atoms with Crippen LogP contribution in [-0.2, 0) is 0 Å². The van der Waals surface area contributed by atoms with Gasteiger partial charge in [-0.05, 0) is 11.8 Å². The van der Waals surface area contributed by atoms with E-state index in [4.69, 9.17) is 0 Å². The maximum Gasteiger partial charge on any atom is -0.0443 e. The molecule has 2 fully saturated rings. The van der Waals surface area contributed by atoms with Crippen LogP contribution in [0.4, 0.5) is 0 Å². The summed E-state index contributed by atoms with van der Waals surface area (Å²) in [6.07, 6.45) is 8.92. The summed E-state index contributed by atoms with van der Waals surface area (Å²) in [7, 11) is 0. The molecule has 10 heavy (non-hydrogen) atoms. The second-order valence-corrected chi connectivity index (χ2v) is 4.07. The largest absolute Gasteiger partial charge is 0.0625 e. The maximum absolute atomic E-state index is 2.34. The van der Waals surface area contributed by atoms with Crippen molar-refractivity contribution in [3.8, 4) is 0 Å². The zero-order valence-electron chi connectivity index (χ0n) is 7.40. The van der Waals surface area contributed by atoms with Gasteiger partial charge in [0.25, 0.3) is 0 Å². The summed E-state index contributed by atoms with van der Waals surface area (Å²) in [5.41, 5.74) is 0. The van der Waals surface area contributed by atoms with Crippen molar-refractivity contribution in [3.05, 3.63) is 0 Å². The second-order valence-electron chi connectivity index (χ2n) is 4.07. The van der Waals surface area contributed by atoms with Gasteiger partial charge in [-0.2, -0.15) is 0 Å². The Morgan fingerprint density at radius 1 is 0.700 bits per heavy atom. The van der Waals surface area contributed by atoms with E-state index in [0.717, 1.165) is 11.8 Å². The summed E-state index contributed by atoms with van der Waals surface area (Å²) < 4.78 is 0. The van der Waals surface area contributed by atoms with Gasteiger partial charge in [0.15, 0.2) is 0 Å². The lowest BCUT2D eigenvalue weighted by Gasteiger charge is -1.91. The summed E-state index contributed by atoms with van der Waals surface area (Å²) in [6, 6.07) is 0. The van der Waals surface area contributed by atoms with Crippen LogP contribution in [0.3, 0.4) is 0 Å². The van der Waals surface area contributed by atoms with E-state index in [1.54, 1.807) is 0 Å². The van der Waals surface area contributed by atoms with Crippen LogP contribution in [0, 0.1) is 11.8 Å². The van der Waals surface area contributed by atoms with Crippen LogP contribution < -0.4 is 0 Å². The van der Waals surface area contributed by atoms with Gasteiger partial charge in [-0.15, -0.1) is 0 Å². The SMILES string of the molecule is CC1CC1.CC1CCCC1. The molecule has 0 N–H and O–H groups in total. The Morgan fingerprint density at radius 3 is 1.20 bits per heavy atom. The minimum Gasteiger partial charge on any atom is -0.0625 e. The number of hydrogen-bond acceptors (Lipinski definition) is 0. The molecule has 2 rings (SSSR count). The summed E-state index contributed by atoms with van der Waals surface area (Å²) in [5, 5.41) is 0. The Balaban J connectivity index is 0.000000108. The predicted molar refractivity (Wildman–Crippen MR) is 46.0 cm³/mol. The highest BCUT2D eigenvalue weighted by Crippen LogP contribution is 2.26. The Kier molecular flexibility index (Phi) is 3.24. The minimum atomic E-state index is 1.05.